The van der Waals surface area contributed by atoms with Crippen LogP contribution in [0.3, 0.4) is 0 Å². The van der Waals surface area contributed by atoms with Crippen molar-refractivity contribution in [1.29, 1.82) is 0 Å². The molecule has 0 aromatic heterocycles. The number of allylic oxidation sites excluding steroid dienone is 2. The molecule has 0 fully saturated rings. The van der Waals surface area contributed by atoms with Gasteiger partial charge in [-0.3, -0.25) is 0 Å². The molecule has 4 nitrogen and oxygen atoms in total. The first-order valence-corrected chi connectivity index (χ1v) is 4.53. The maximum Gasteiger partial charge on any atom is 0.331 e. The third-order valence-corrected chi connectivity index (χ3v) is 1.32. The molecule has 0 spiro atoms. The molecule has 0 saturated heterocycles. The quantitative estimate of drug-likeness (QED) is 0.441. The Labute approximate surface area is 89.2 Å². The highest BCUT2D eigenvalue weighted by molar-refractivity contribution is 5.87. The van der Waals surface area contributed by atoms with Crippen molar-refractivity contribution in [2.24, 2.45) is 0 Å². The van der Waals surface area contributed by atoms with Crippen LogP contribution in [0.1, 0.15) is 27.7 Å². The van der Waals surface area contributed by atoms with Crippen molar-refractivity contribution < 1.29 is 19.4 Å². The van der Waals surface area contributed by atoms with E-state index in [1.807, 2.05) is 0 Å². The lowest BCUT2D eigenvalue weighted by atomic mass is 10.2. The molecule has 1 N–H and O–H groups in total. The molecule has 0 aromatic carbocycles. The molecule has 0 rings (SSSR count). The average molecular weight is 212 g/mol. The van der Waals surface area contributed by atoms with Gasteiger partial charge in [-0.25, -0.2) is 9.59 Å². The summed E-state index contributed by atoms with van der Waals surface area (Å²) in [6.45, 7) is 6.73. The van der Waals surface area contributed by atoms with Crippen molar-refractivity contribution in [2.45, 2.75) is 33.3 Å². The van der Waals surface area contributed by atoms with Gasteiger partial charge in [0.15, 0.2) is 0 Å². The number of esters is 1. The van der Waals surface area contributed by atoms with Crippen molar-refractivity contribution in [3.05, 3.63) is 23.8 Å². The number of ether oxygens (including phenoxy) is 1. The van der Waals surface area contributed by atoms with E-state index in [1.54, 1.807) is 20.8 Å². The lowest BCUT2D eigenvalue weighted by molar-refractivity contribution is -0.148. The summed E-state index contributed by atoms with van der Waals surface area (Å²) in [4.78, 5) is 21.5. The van der Waals surface area contributed by atoms with Crippen LogP contribution in [-0.2, 0) is 14.3 Å². The third kappa shape index (κ3) is 7.49. The molecular weight excluding hydrogens is 196 g/mol. The number of carboxylic acids is 1. The lowest BCUT2D eigenvalue weighted by Crippen LogP contribution is -2.22. The Bertz CT molecular complexity index is 305. The van der Waals surface area contributed by atoms with E-state index < -0.39 is 17.5 Å². The van der Waals surface area contributed by atoms with E-state index in [0.717, 1.165) is 0 Å². The van der Waals surface area contributed by atoms with Gasteiger partial charge in [0, 0.05) is 11.6 Å². The molecule has 0 aromatic rings. The molecule has 0 aliphatic heterocycles. The third-order valence-electron chi connectivity index (χ3n) is 1.32. The van der Waals surface area contributed by atoms with E-state index in [1.165, 1.54) is 25.2 Å². The van der Waals surface area contributed by atoms with Crippen LogP contribution in [0.4, 0.5) is 0 Å². The highest BCUT2D eigenvalue weighted by Crippen LogP contribution is 2.07. The van der Waals surface area contributed by atoms with E-state index in [4.69, 9.17) is 9.84 Å². The zero-order valence-corrected chi connectivity index (χ0v) is 9.40. The molecule has 0 atom stereocenters. The summed E-state index contributed by atoms with van der Waals surface area (Å²) < 4.78 is 4.98. The largest absolute Gasteiger partial charge is 0.478 e. The van der Waals surface area contributed by atoms with Crippen LogP contribution in [0, 0.1) is 0 Å². The van der Waals surface area contributed by atoms with Crippen LogP contribution in [-0.4, -0.2) is 22.6 Å². The molecule has 84 valence electrons. The zero-order valence-electron chi connectivity index (χ0n) is 9.40. The van der Waals surface area contributed by atoms with Gasteiger partial charge in [0.25, 0.3) is 0 Å². The van der Waals surface area contributed by atoms with E-state index >= 15 is 0 Å². The van der Waals surface area contributed by atoms with Crippen molar-refractivity contribution in [1.82, 2.24) is 0 Å². The number of aliphatic carboxylic acids is 1. The van der Waals surface area contributed by atoms with Gasteiger partial charge in [0.2, 0.25) is 0 Å². The van der Waals surface area contributed by atoms with Crippen LogP contribution in [0.2, 0.25) is 0 Å². The maximum absolute atomic E-state index is 11.1. The Kier molecular flexibility index (Phi) is 4.78. The van der Waals surface area contributed by atoms with Crippen molar-refractivity contribution >= 4 is 11.9 Å². The number of hydrogen-bond donors (Lipinski definition) is 1. The Morgan fingerprint density at radius 1 is 1.27 bits per heavy atom. The molecule has 0 aliphatic carbocycles. The van der Waals surface area contributed by atoms with E-state index in [2.05, 4.69) is 0 Å². The predicted molar refractivity (Wildman–Crippen MR) is 56.4 cm³/mol. The standard InChI is InChI=1S/C11H16O4/c1-8(10(13)14)6-5-7-9(12)15-11(2,3)4/h5-7H,1-4H3,(H,13,14)/b7-5+,8-6-. The van der Waals surface area contributed by atoms with E-state index in [-0.39, 0.29) is 5.57 Å². The van der Waals surface area contributed by atoms with E-state index in [0.29, 0.717) is 0 Å². The van der Waals surface area contributed by atoms with Gasteiger partial charge in [-0.05, 0) is 27.7 Å². The second kappa shape index (κ2) is 5.34. The number of carbonyl (C=O) groups is 2. The van der Waals surface area contributed by atoms with Crippen LogP contribution < -0.4 is 0 Å². The minimum absolute atomic E-state index is 0.162. The molecule has 0 bridgehead atoms. The first-order valence-electron chi connectivity index (χ1n) is 4.53. The average Bonchev–Trinajstić information content (AvgIpc) is 2.00. The summed E-state index contributed by atoms with van der Waals surface area (Å²) in [6, 6.07) is 0. The van der Waals surface area contributed by atoms with Crippen molar-refractivity contribution in [3.8, 4) is 0 Å². The maximum atomic E-state index is 11.1. The first-order chi connectivity index (χ1) is 6.72. The monoisotopic (exact) mass is 212 g/mol. The van der Waals surface area contributed by atoms with Gasteiger partial charge >= 0.3 is 11.9 Å². The fourth-order valence-corrected chi connectivity index (χ4v) is 0.678. The summed E-state index contributed by atoms with van der Waals surface area (Å²) in [5.74, 6) is -1.50. The van der Waals surface area contributed by atoms with Gasteiger partial charge in [-0.1, -0.05) is 12.2 Å². The fourth-order valence-electron chi connectivity index (χ4n) is 0.678. The summed E-state index contributed by atoms with van der Waals surface area (Å²) in [7, 11) is 0. The molecule has 15 heavy (non-hydrogen) atoms. The van der Waals surface area contributed by atoms with Gasteiger partial charge in [-0.2, -0.15) is 0 Å². The van der Waals surface area contributed by atoms with Gasteiger partial charge in [-0.15, -0.1) is 0 Å². The molecule has 0 radical (unpaired) electrons. The second-order valence-corrected chi connectivity index (χ2v) is 4.05. The highest BCUT2D eigenvalue weighted by Gasteiger charge is 2.13. The van der Waals surface area contributed by atoms with E-state index in [9.17, 15) is 9.59 Å². The SMILES string of the molecule is C/C(=C/C=C/C(=O)OC(C)(C)C)C(=O)O. The van der Waals surface area contributed by atoms with Crippen molar-refractivity contribution in [2.75, 3.05) is 0 Å². The molecule has 4 heteroatoms. The summed E-state index contributed by atoms with van der Waals surface area (Å²) in [5.41, 5.74) is -0.373. The summed E-state index contributed by atoms with van der Waals surface area (Å²) in [5, 5.41) is 8.52. The molecule has 0 unspecified atom stereocenters. The van der Waals surface area contributed by atoms with Crippen LogP contribution >= 0.6 is 0 Å². The number of carbonyl (C=O) groups excluding carboxylic acids is 1. The minimum Gasteiger partial charge on any atom is -0.478 e. The number of hydrogen-bond acceptors (Lipinski definition) is 3. The Morgan fingerprint density at radius 3 is 2.20 bits per heavy atom. The predicted octanol–water partition coefficient (Wildman–Crippen LogP) is 1.92. The Hall–Kier alpha value is -1.58. The van der Waals surface area contributed by atoms with Gasteiger partial charge in [0.1, 0.15) is 5.60 Å². The number of carboxylic acid groups (broad SMARTS) is 1. The first kappa shape index (κ1) is 13.4. The summed E-state index contributed by atoms with van der Waals surface area (Å²) >= 11 is 0. The van der Waals surface area contributed by atoms with Crippen LogP contribution in [0.25, 0.3) is 0 Å². The molecule has 0 amide bonds. The smallest absolute Gasteiger partial charge is 0.331 e. The molecular formula is C11H16O4. The Morgan fingerprint density at radius 2 is 1.80 bits per heavy atom. The molecule has 0 saturated carbocycles. The van der Waals surface area contributed by atoms with Crippen molar-refractivity contribution in [3.63, 3.8) is 0 Å². The van der Waals surface area contributed by atoms with Gasteiger partial charge < -0.3 is 9.84 Å². The fraction of sp³-hybridized carbons (Fsp3) is 0.455. The zero-order chi connectivity index (χ0) is 12.1. The Balaban J connectivity index is 4.26. The summed E-state index contributed by atoms with van der Waals surface area (Å²) in [6.07, 6.45) is 3.89. The molecule has 0 aliphatic rings. The minimum atomic E-state index is -1.01. The normalized spacial score (nSPS) is 12.9. The molecule has 0 heterocycles. The van der Waals surface area contributed by atoms with Crippen LogP contribution in [0.15, 0.2) is 23.8 Å². The van der Waals surface area contributed by atoms with Gasteiger partial charge in [0.05, 0.1) is 0 Å². The highest BCUT2D eigenvalue weighted by atomic mass is 16.6. The lowest BCUT2D eigenvalue weighted by Gasteiger charge is -2.17. The van der Waals surface area contributed by atoms with Crippen LogP contribution in [0.5, 0.6) is 0 Å². The second-order valence-electron chi connectivity index (χ2n) is 4.05. The number of rotatable bonds is 3. The topological polar surface area (TPSA) is 63.6 Å².